The van der Waals surface area contributed by atoms with Gasteiger partial charge >= 0.3 is 0 Å². The van der Waals surface area contributed by atoms with Gasteiger partial charge in [-0.2, -0.15) is 0 Å². The van der Waals surface area contributed by atoms with Crippen LogP contribution in [-0.4, -0.2) is 26.8 Å². The fourth-order valence-corrected chi connectivity index (χ4v) is 1.74. The summed E-state index contributed by atoms with van der Waals surface area (Å²) in [5, 5.41) is 3.35. The van der Waals surface area contributed by atoms with Crippen molar-refractivity contribution in [2.45, 2.75) is 13.8 Å². The van der Waals surface area contributed by atoms with Crippen LogP contribution in [-0.2, 0) is 4.74 Å². The number of rotatable bonds is 7. The highest BCUT2D eigenvalue weighted by atomic mass is 79.9. The van der Waals surface area contributed by atoms with Gasteiger partial charge in [0.25, 0.3) is 0 Å². The molecule has 0 saturated carbocycles. The summed E-state index contributed by atoms with van der Waals surface area (Å²) in [6.07, 6.45) is 2.09. The number of ether oxygens (including phenoxy) is 1. The summed E-state index contributed by atoms with van der Waals surface area (Å²) in [6, 6.07) is 3.86. The van der Waals surface area contributed by atoms with Gasteiger partial charge in [-0.25, -0.2) is 0 Å². The lowest BCUT2D eigenvalue weighted by Crippen LogP contribution is -2.23. The molecule has 0 fully saturated rings. The van der Waals surface area contributed by atoms with Crippen LogP contribution >= 0.6 is 15.9 Å². The molecule has 0 spiro atoms. The predicted octanol–water partition coefficient (Wildman–Crippen LogP) is 3.32. The van der Waals surface area contributed by atoms with E-state index in [0.29, 0.717) is 5.92 Å². The zero-order valence-electron chi connectivity index (χ0n) is 10.6. The van der Waals surface area contributed by atoms with Crippen molar-refractivity contribution < 1.29 is 9.15 Å². The molecule has 0 saturated heterocycles. The van der Waals surface area contributed by atoms with E-state index in [0.717, 1.165) is 30.1 Å². The van der Waals surface area contributed by atoms with Crippen molar-refractivity contribution >= 4 is 22.0 Å². The van der Waals surface area contributed by atoms with Crippen molar-refractivity contribution in [2.24, 2.45) is 5.92 Å². The smallest absolute Gasteiger partial charge is 0.169 e. The number of nitrogens with one attached hydrogen (secondary N) is 1. The van der Waals surface area contributed by atoms with Gasteiger partial charge in [-0.3, -0.25) is 0 Å². The highest BCUT2D eigenvalue weighted by Gasteiger charge is 2.05. The molecule has 1 aromatic heterocycles. The van der Waals surface area contributed by atoms with Crippen LogP contribution in [0, 0.1) is 5.92 Å². The second kappa shape index (κ2) is 7.69. The molecular formula is C13H20BrNO2. The molecule has 17 heavy (non-hydrogen) atoms. The van der Waals surface area contributed by atoms with Gasteiger partial charge in [0.1, 0.15) is 5.76 Å². The average molecular weight is 302 g/mol. The van der Waals surface area contributed by atoms with E-state index in [-0.39, 0.29) is 0 Å². The second-order valence-corrected chi connectivity index (χ2v) is 4.97. The van der Waals surface area contributed by atoms with Gasteiger partial charge in [-0.05, 0) is 40.1 Å². The number of furan rings is 1. The van der Waals surface area contributed by atoms with Crippen LogP contribution in [0.2, 0.25) is 0 Å². The SMILES string of the molecule is COCCNCC(=Cc1ccc(Br)o1)C(C)C. The maximum Gasteiger partial charge on any atom is 0.169 e. The van der Waals surface area contributed by atoms with E-state index in [2.05, 4.69) is 41.2 Å². The molecule has 4 heteroatoms. The van der Waals surface area contributed by atoms with E-state index < -0.39 is 0 Å². The van der Waals surface area contributed by atoms with Gasteiger partial charge < -0.3 is 14.5 Å². The van der Waals surface area contributed by atoms with Gasteiger partial charge in [-0.1, -0.05) is 19.4 Å². The third-order valence-electron chi connectivity index (χ3n) is 2.48. The fraction of sp³-hybridized carbons (Fsp3) is 0.538. The molecule has 1 heterocycles. The van der Waals surface area contributed by atoms with Crippen molar-refractivity contribution in [3.63, 3.8) is 0 Å². The Morgan fingerprint density at radius 2 is 2.29 bits per heavy atom. The minimum absolute atomic E-state index is 0.494. The first kappa shape index (κ1) is 14.5. The van der Waals surface area contributed by atoms with Crippen molar-refractivity contribution in [1.29, 1.82) is 0 Å². The summed E-state index contributed by atoms with van der Waals surface area (Å²) in [5.41, 5.74) is 1.32. The Labute approximate surface area is 111 Å². The largest absolute Gasteiger partial charge is 0.450 e. The summed E-state index contributed by atoms with van der Waals surface area (Å²) in [7, 11) is 1.71. The predicted molar refractivity (Wildman–Crippen MR) is 74.0 cm³/mol. The average Bonchev–Trinajstić information content (AvgIpc) is 2.68. The highest BCUT2D eigenvalue weighted by molar-refractivity contribution is 9.10. The van der Waals surface area contributed by atoms with E-state index in [4.69, 9.17) is 9.15 Å². The van der Waals surface area contributed by atoms with Gasteiger partial charge in [0.2, 0.25) is 0 Å². The summed E-state index contributed by atoms with van der Waals surface area (Å²) in [4.78, 5) is 0. The molecular weight excluding hydrogens is 282 g/mol. The summed E-state index contributed by atoms with van der Waals surface area (Å²) in [6.45, 7) is 6.82. The van der Waals surface area contributed by atoms with Crippen molar-refractivity contribution in [2.75, 3.05) is 26.8 Å². The standard InChI is InChI=1S/C13H20BrNO2/c1-10(2)11(9-15-6-7-16-3)8-12-4-5-13(14)17-12/h4-5,8,10,15H,6-7,9H2,1-3H3. The van der Waals surface area contributed by atoms with Crippen LogP contribution in [0.15, 0.2) is 26.8 Å². The lowest BCUT2D eigenvalue weighted by atomic mass is 10.0. The number of hydrogen-bond donors (Lipinski definition) is 1. The molecule has 1 rings (SSSR count). The van der Waals surface area contributed by atoms with Crippen LogP contribution in [0.1, 0.15) is 19.6 Å². The molecule has 3 nitrogen and oxygen atoms in total. The van der Waals surface area contributed by atoms with E-state index in [1.165, 1.54) is 5.57 Å². The van der Waals surface area contributed by atoms with E-state index in [1.807, 2.05) is 12.1 Å². The minimum Gasteiger partial charge on any atom is -0.450 e. The second-order valence-electron chi connectivity index (χ2n) is 4.19. The third-order valence-corrected chi connectivity index (χ3v) is 2.90. The van der Waals surface area contributed by atoms with Crippen molar-refractivity contribution in [3.05, 3.63) is 28.1 Å². The monoisotopic (exact) mass is 301 g/mol. The molecule has 0 aliphatic heterocycles. The van der Waals surface area contributed by atoms with Crippen LogP contribution < -0.4 is 5.32 Å². The molecule has 0 amide bonds. The van der Waals surface area contributed by atoms with Crippen molar-refractivity contribution in [3.8, 4) is 0 Å². The summed E-state index contributed by atoms with van der Waals surface area (Å²) < 4.78 is 11.2. The maximum atomic E-state index is 5.48. The molecule has 0 radical (unpaired) electrons. The van der Waals surface area contributed by atoms with Crippen LogP contribution in [0.25, 0.3) is 6.08 Å². The lowest BCUT2D eigenvalue weighted by molar-refractivity contribution is 0.200. The van der Waals surface area contributed by atoms with Gasteiger partial charge in [0.15, 0.2) is 4.67 Å². The van der Waals surface area contributed by atoms with E-state index in [1.54, 1.807) is 7.11 Å². The Kier molecular flexibility index (Phi) is 6.55. The molecule has 0 aliphatic carbocycles. The van der Waals surface area contributed by atoms with Gasteiger partial charge in [0, 0.05) is 20.2 Å². The molecule has 0 unspecified atom stereocenters. The quantitative estimate of drug-likeness (QED) is 0.785. The molecule has 1 aromatic rings. The Morgan fingerprint density at radius 3 is 2.82 bits per heavy atom. The Bertz CT molecular complexity index is 358. The summed E-state index contributed by atoms with van der Waals surface area (Å²) in [5.74, 6) is 1.38. The van der Waals surface area contributed by atoms with Crippen LogP contribution in [0.4, 0.5) is 0 Å². The van der Waals surface area contributed by atoms with E-state index >= 15 is 0 Å². The molecule has 0 aromatic carbocycles. The Hall–Kier alpha value is -0.580. The highest BCUT2D eigenvalue weighted by Crippen LogP contribution is 2.19. The van der Waals surface area contributed by atoms with Crippen LogP contribution in [0.5, 0.6) is 0 Å². The molecule has 96 valence electrons. The number of halogens is 1. The molecule has 1 N–H and O–H groups in total. The minimum atomic E-state index is 0.494. The molecule has 0 atom stereocenters. The zero-order chi connectivity index (χ0) is 12.7. The van der Waals surface area contributed by atoms with Crippen LogP contribution in [0.3, 0.4) is 0 Å². The fourth-order valence-electron chi connectivity index (χ4n) is 1.42. The van der Waals surface area contributed by atoms with E-state index in [9.17, 15) is 0 Å². The third kappa shape index (κ3) is 5.52. The van der Waals surface area contributed by atoms with Gasteiger partial charge in [-0.15, -0.1) is 0 Å². The van der Waals surface area contributed by atoms with Crippen molar-refractivity contribution in [1.82, 2.24) is 5.32 Å². The summed E-state index contributed by atoms with van der Waals surface area (Å²) >= 11 is 3.30. The zero-order valence-corrected chi connectivity index (χ0v) is 12.2. The maximum absolute atomic E-state index is 5.48. The Morgan fingerprint density at radius 1 is 1.53 bits per heavy atom. The molecule has 0 bridgehead atoms. The first-order valence-electron chi connectivity index (χ1n) is 5.79. The lowest BCUT2D eigenvalue weighted by Gasteiger charge is -2.12. The van der Waals surface area contributed by atoms with Gasteiger partial charge in [0.05, 0.1) is 6.61 Å². The normalized spacial score (nSPS) is 12.4. The number of methoxy groups -OCH3 is 1. The topological polar surface area (TPSA) is 34.4 Å². The first-order chi connectivity index (χ1) is 8.13. The Balaban J connectivity index is 2.56. The number of hydrogen-bond acceptors (Lipinski definition) is 3. The molecule has 0 aliphatic rings. The first-order valence-corrected chi connectivity index (χ1v) is 6.58.